The summed E-state index contributed by atoms with van der Waals surface area (Å²) in [5, 5.41) is 0. The molecule has 0 saturated heterocycles. The molecule has 0 heterocycles. The van der Waals surface area contributed by atoms with E-state index in [9.17, 15) is 4.79 Å². The van der Waals surface area contributed by atoms with Gasteiger partial charge in [0, 0.05) is 0 Å². The van der Waals surface area contributed by atoms with Crippen LogP contribution in [0.15, 0.2) is 60.7 Å². The smallest absolute Gasteiger partial charge is 0.312 e. The molecule has 0 amide bonds. The summed E-state index contributed by atoms with van der Waals surface area (Å²) >= 11 is 0. The van der Waals surface area contributed by atoms with Gasteiger partial charge < -0.3 is 4.74 Å². The highest BCUT2D eigenvalue weighted by Crippen LogP contribution is 2.77. The second kappa shape index (κ2) is 11.1. The molecule has 4 fully saturated rings. The number of carbonyl (C=O) groups is 1. The number of rotatable bonds is 5. The van der Waals surface area contributed by atoms with Crippen molar-refractivity contribution in [3.63, 3.8) is 0 Å². The van der Waals surface area contributed by atoms with Gasteiger partial charge in [0.2, 0.25) is 0 Å². The minimum atomic E-state index is -0.309. The molecule has 0 bridgehead atoms. The molecule has 2 aromatic rings. The topological polar surface area (TPSA) is 26.3 Å². The maximum Gasteiger partial charge on any atom is 0.312 e. The van der Waals surface area contributed by atoms with Gasteiger partial charge in [0.25, 0.3) is 0 Å². The van der Waals surface area contributed by atoms with E-state index in [1.165, 1.54) is 56.1 Å². The van der Waals surface area contributed by atoms with Crippen molar-refractivity contribution < 1.29 is 9.53 Å². The van der Waals surface area contributed by atoms with Gasteiger partial charge in [0.15, 0.2) is 0 Å². The van der Waals surface area contributed by atoms with Gasteiger partial charge in [-0.3, -0.25) is 4.79 Å². The molecule has 0 radical (unpaired) electrons. The van der Waals surface area contributed by atoms with Crippen LogP contribution in [0.5, 0.6) is 0 Å². The highest BCUT2D eigenvalue weighted by molar-refractivity contribution is 5.78. The number of carbonyl (C=O) groups excluding carboxylic acids is 1. The van der Waals surface area contributed by atoms with E-state index in [4.69, 9.17) is 4.74 Å². The van der Waals surface area contributed by atoms with E-state index in [1.807, 2.05) is 18.2 Å². The Morgan fingerprint density at radius 3 is 2.22 bits per heavy atom. The largest absolute Gasteiger partial charge is 0.460 e. The van der Waals surface area contributed by atoms with E-state index in [0.29, 0.717) is 47.5 Å². The molecule has 0 unspecified atom stereocenters. The summed E-state index contributed by atoms with van der Waals surface area (Å²) in [6.07, 6.45) is 13.4. The van der Waals surface area contributed by atoms with E-state index in [0.717, 1.165) is 18.4 Å². The molecule has 4 saturated carbocycles. The number of fused-ring (bicyclic) bond motifs is 7. The zero-order valence-corrected chi connectivity index (χ0v) is 30.1. The summed E-state index contributed by atoms with van der Waals surface area (Å²) in [6.45, 7) is 20.6. The summed E-state index contributed by atoms with van der Waals surface area (Å²) in [7, 11) is 0. The van der Waals surface area contributed by atoms with Crippen LogP contribution >= 0.6 is 0 Å². The lowest BCUT2D eigenvalue weighted by atomic mass is 9.32. The monoisotopic (exact) mass is 620 g/mol. The number of esters is 1. The minimum absolute atomic E-state index is 0.109. The van der Waals surface area contributed by atoms with Crippen LogP contribution in [0.4, 0.5) is 0 Å². The number of benzene rings is 2. The lowest BCUT2D eigenvalue weighted by Crippen LogP contribution is -2.66. The Bertz CT molecular complexity index is 1480. The van der Waals surface area contributed by atoms with E-state index in [1.54, 1.807) is 5.57 Å². The number of hydrogen-bond acceptors (Lipinski definition) is 2. The van der Waals surface area contributed by atoms with Gasteiger partial charge in [0.05, 0.1) is 5.41 Å². The molecule has 46 heavy (non-hydrogen) atoms. The molecule has 0 aromatic heterocycles. The fourth-order valence-corrected chi connectivity index (χ4v) is 13.4. The fraction of sp³-hybridized carbons (Fsp3) is 0.659. The number of ether oxygens (including phenoxy) is 1. The lowest BCUT2D eigenvalue weighted by Gasteiger charge is -2.72. The highest BCUT2D eigenvalue weighted by Gasteiger charge is 2.72. The van der Waals surface area contributed by atoms with Crippen molar-refractivity contribution >= 4 is 11.5 Å². The minimum Gasteiger partial charge on any atom is -0.460 e. The van der Waals surface area contributed by atoms with Crippen molar-refractivity contribution in [2.24, 2.45) is 62.6 Å². The second-order valence-electron chi connectivity index (χ2n) is 18.3. The summed E-state index contributed by atoms with van der Waals surface area (Å²) in [4.78, 5) is 14.3. The first-order valence-electron chi connectivity index (χ1n) is 18.8. The van der Waals surface area contributed by atoms with E-state index >= 15 is 0 Å². The van der Waals surface area contributed by atoms with Crippen molar-refractivity contribution in [2.75, 3.05) is 0 Å². The van der Waals surface area contributed by atoms with Crippen molar-refractivity contribution in [1.29, 1.82) is 0 Å². The van der Waals surface area contributed by atoms with E-state index in [-0.39, 0.29) is 27.6 Å². The third-order valence-corrected chi connectivity index (χ3v) is 15.9. The van der Waals surface area contributed by atoms with E-state index in [2.05, 4.69) is 97.9 Å². The van der Waals surface area contributed by atoms with Crippen LogP contribution in [0, 0.1) is 69.5 Å². The molecule has 248 valence electrons. The maximum absolute atomic E-state index is 14.3. The maximum atomic E-state index is 14.3. The molecular formula is C44H60O2. The molecule has 5 aliphatic carbocycles. The van der Waals surface area contributed by atoms with Crippen LogP contribution in [0.2, 0.25) is 0 Å². The molecule has 9 atom stereocenters. The first kappa shape index (κ1) is 32.2. The van der Waals surface area contributed by atoms with E-state index < -0.39 is 0 Å². The zero-order valence-electron chi connectivity index (χ0n) is 30.1. The Morgan fingerprint density at radius 2 is 1.52 bits per heavy atom. The SMILES string of the molecule is Cc1ccc(C2=CC[C@]3(C)[C@H]4CC[C@@H]5[C@H]6[C@H](C(C)C)CC[C@]6(C(=O)OCc6ccccc6)CC[C@@]5(C)[C@]4(C)CC[C@H]3C2(C)C)cc1. The quantitative estimate of drug-likeness (QED) is 0.311. The Labute approximate surface area is 280 Å². The predicted octanol–water partition coefficient (Wildman–Crippen LogP) is 11.5. The molecule has 2 heteroatoms. The highest BCUT2D eigenvalue weighted by atomic mass is 16.5. The first-order valence-corrected chi connectivity index (χ1v) is 18.8. The van der Waals surface area contributed by atoms with Gasteiger partial charge >= 0.3 is 5.97 Å². The summed E-state index contributed by atoms with van der Waals surface area (Å²) in [6, 6.07) is 19.6. The Hall–Kier alpha value is -2.35. The molecule has 0 N–H and O–H groups in total. The average Bonchev–Trinajstić information content (AvgIpc) is 3.43. The molecule has 0 spiro atoms. The van der Waals surface area contributed by atoms with Crippen molar-refractivity contribution in [1.82, 2.24) is 0 Å². The van der Waals surface area contributed by atoms with Crippen LogP contribution in [-0.4, -0.2) is 5.97 Å². The third-order valence-electron chi connectivity index (χ3n) is 15.9. The fourth-order valence-electron chi connectivity index (χ4n) is 13.4. The van der Waals surface area contributed by atoms with Gasteiger partial charge in [-0.1, -0.05) is 115 Å². The summed E-state index contributed by atoms with van der Waals surface area (Å²) < 4.78 is 6.26. The van der Waals surface area contributed by atoms with Gasteiger partial charge in [-0.25, -0.2) is 0 Å². The van der Waals surface area contributed by atoms with Crippen molar-refractivity contribution in [3.8, 4) is 0 Å². The predicted molar refractivity (Wildman–Crippen MR) is 190 cm³/mol. The summed E-state index contributed by atoms with van der Waals surface area (Å²) in [5.41, 5.74) is 6.11. The van der Waals surface area contributed by atoms with Crippen molar-refractivity contribution in [2.45, 2.75) is 120 Å². The van der Waals surface area contributed by atoms with Gasteiger partial charge in [0.1, 0.15) is 6.61 Å². The number of aryl methyl sites for hydroxylation is 1. The Morgan fingerprint density at radius 1 is 0.804 bits per heavy atom. The van der Waals surface area contributed by atoms with Crippen LogP contribution in [0.3, 0.4) is 0 Å². The Balaban J connectivity index is 1.21. The lowest BCUT2D eigenvalue weighted by molar-refractivity contribution is -0.231. The van der Waals surface area contributed by atoms with Gasteiger partial charge in [-0.2, -0.15) is 0 Å². The first-order chi connectivity index (χ1) is 21.8. The molecule has 0 aliphatic heterocycles. The van der Waals surface area contributed by atoms with Crippen LogP contribution in [-0.2, 0) is 16.1 Å². The van der Waals surface area contributed by atoms with Crippen molar-refractivity contribution in [3.05, 3.63) is 77.4 Å². The van der Waals surface area contributed by atoms with Crippen LogP contribution < -0.4 is 0 Å². The zero-order chi connectivity index (χ0) is 32.7. The van der Waals surface area contributed by atoms with Gasteiger partial charge in [-0.15, -0.1) is 0 Å². The van der Waals surface area contributed by atoms with Gasteiger partial charge in [-0.05, 0) is 139 Å². The van der Waals surface area contributed by atoms with Crippen LogP contribution in [0.1, 0.15) is 123 Å². The molecule has 2 nitrogen and oxygen atoms in total. The molecule has 2 aromatic carbocycles. The molecular weight excluding hydrogens is 560 g/mol. The van der Waals surface area contributed by atoms with Crippen LogP contribution in [0.25, 0.3) is 5.57 Å². The summed E-state index contributed by atoms with van der Waals surface area (Å²) in [5.74, 6) is 3.74. The third kappa shape index (κ3) is 4.50. The second-order valence-corrected chi connectivity index (χ2v) is 18.3. The Kier molecular flexibility index (Phi) is 7.77. The standard InChI is InChI=1S/C44H60O2/c1-29(2)33-20-25-44(39(45)46-28-31-12-10-9-11-13-31)27-26-42(7)35(38(33)44)18-19-37-41(6)23-21-34(32-16-14-30(3)15-17-32)40(4,5)36(41)22-24-43(37,42)8/h9-17,21,29,33,35-38H,18-20,22-28H2,1-8H3/t33-,35+,36-,37+,38+,41-,42+,43+,44-/m0/s1. The molecule has 5 aliphatic rings. The average molecular weight is 621 g/mol. The number of hydrogen-bond donors (Lipinski definition) is 0. The molecule has 7 rings (SSSR count). The number of allylic oxidation sites excluding steroid dienone is 2. The normalized spacial score (nSPS) is 41.1.